The topological polar surface area (TPSA) is 74.1 Å². The molecule has 0 saturated carbocycles. The number of benzene rings is 2. The Hall–Kier alpha value is -1.82. The van der Waals surface area contributed by atoms with Crippen LogP contribution in [0.15, 0.2) is 36.4 Å². The summed E-state index contributed by atoms with van der Waals surface area (Å²) in [5.74, 6) is 0. The molecule has 4 N–H and O–H groups in total. The second kappa shape index (κ2) is 10.5. The number of thiazole rings is 2. The zero-order chi connectivity index (χ0) is 20.8. The number of nitrogens with one attached hydrogen (secondary N) is 4. The number of ether oxygens (including phenoxy) is 2. The van der Waals surface area contributed by atoms with Crippen molar-refractivity contribution in [2.75, 3.05) is 50.2 Å². The van der Waals surface area contributed by atoms with Gasteiger partial charge in [0.2, 0.25) is 0 Å². The third-order valence-electron chi connectivity index (χ3n) is 4.37. The largest absolute Gasteiger partial charge is 0.383 e. The molecular weight excluding hydrogens is 457 g/mol. The summed E-state index contributed by atoms with van der Waals surface area (Å²) in [6.45, 7) is 3.92. The van der Waals surface area contributed by atoms with Gasteiger partial charge in [0.15, 0.2) is 7.91 Å². The number of hydrogen-bond donors (Lipinski definition) is 4. The second-order valence-corrected chi connectivity index (χ2v) is 9.97. The molecule has 0 unspecified atom stereocenters. The van der Waals surface area contributed by atoms with Crippen LogP contribution in [0.25, 0.3) is 20.4 Å². The highest BCUT2D eigenvalue weighted by Crippen LogP contribution is 2.24. The lowest BCUT2D eigenvalue weighted by Crippen LogP contribution is -2.15. The van der Waals surface area contributed by atoms with E-state index in [9.17, 15) is 0 Å². The fourth-order valence-corrected chi connectivity index (χ4v) is 5.28. The molecule has 0 atom stereocenters. The smallest absolute Gasteiger partial charge is 0.159 e. The van der Waals surface area contributed by atoms with Crippen molar-refractivity contribution in [1.82, 2.24) is 9.97 Å². The molecule has 2 heterocycles. The molecular formula is C20H22N4O2S4. The van der Waals surface area contributed by atoms with Crippen molar-refractivity contribution in [2.45, 2.75) is 0 Å². The molecule has 2 aromatic carbocycles. The Morgan fingerprint density at radius 3 is 1.63 bits per heavy atom. The van der Waals surface area contributed by atoms with Gasteiger partial charge in [-0.3, -0.25) is 0 Å². The summed E-state index contributed by atoms with van der Waals surface area (Å²) in [6, 6.07) is 12.4. The summed E-state index contributed by atoms with van der Waals surface area (Å²) in [4.78, 5) is 6.33. The zero-order valence-corrected chi connectivity index (χ0v) is 19.4. The van der Waals surface area contributed by atoms with Gasteiger partial charge in [0.05, 0.1) is 46.9 Å². The van der Waals surface area contributed by atoms with Crippen LogP contribution in [0.2, 0.25) is 0 Å². The molecule has 30 heavy (non-hydrogen) atoms. The van der Waals surface area contributed by atoms with E-state index in [1.165, 1.54) is 0 Å². The van der Waals surface area contributed by atoms with E-state index >= 15 is 0 Å². The molecule has 10 heteroatoms. The molecule has 6 nitrogen and oxygen atoms in total. The molecule has 0 radical (unpaired) electrons. The molecule has 0 aliphatic heterocycles. The van der Waals surface area contributed by atoms with Crippen LogP contribution in [-0.4, -0.2) is 49.5 Å². The summed E-state index contributed by atoms with van der Waals surface area (Å²) >= 11 is 13.5. The van der Waals surface area contributed by atoms with E-state index in [1.54, 1.807) is 22.7 Å². The Morgan fingerprint density at radius 1 is 0.700 bits per heavy atom. The minimum atomic E-state index is 0.582. The van der Waals surface area contributed by atoms with E-state index in [-0.39, 0.29) is 0 Å². The van der Waals surface area contributed by atoms with E-state index in [0.29, 0.717) is 26.4 Å². The van der Waals surface area contributed by atoms with Gasteiger partial charge >= 0.3 is 0 Å². The number of hydrogen-bond acceptors (Lipinski definition) is 8. The van der Waals surface area contributed by atoms with Crippen LogP contribution in [0.1, 0.15) is 0 Å². The predicted octanol–water partition coefficient (Wildman–Crippen LogP) is 5.79. The average Bonchev–Trinajstić information content (AvgIpc) is 3.28. The quantitative estimate of drug-likeness (QED) is 0.162. The number of H-pyrrole nitrogens is 2. The lowest BCUT2D eigenvalue weighted by Gasteiger charge is -2.09. The highest BCUT2D eigenvalue weighted by Gasteiger charge is 2.00. The first-order valence-electron chi connectivity index (χ1n) is 9.56. The maximum atomic E-state index is 5.62. The van der Waals surface area contributed by atoms with Gasteiger partial charge in [0.25, 0.3) is 0 Å². The Balaban J connectivity index is 1.05. The minimum Gasteiger partial charge on any atom is -0.383 e. The monoisotopic (exact) mass is 478 g/mol. The Kier molecular flexibility index (Phi) is 7.47. The van der Waals surface area contributed by atoms with Crippen molar-refractivity contribution < 1.29 is 9.47 Å². The fraction of sp³-hybridized carbons (Fsp3) is 0.300. The molecule has 0 saturated heterocycles. The van der Waals surface area contributed by atoms with Crippen molar-refractivity contribution in [3.05, 3.63) is 44.3 Å². The van der Waals surface area contributed by atoms with Gasteiger partial charge in [-0.1, -0.05) is 0 Å². The van der Waals surface area contributed by atoms with Gasteiger partial charge in [0.1, 0.15) is 0 Å². The van der Waals surface area contributed by atoms with E-state index in [1.807, 2.05) is 24.3 Å². The van der Waals surface area contributed by atoms with Gasteiger partial charge in [-0.2, -0.15) is 0 Å². The first kappa shape index (κ1) is 21.4. The normalized spacial score (nSPS) is 11.3. The maximum Gasteiger partial charge on any atom is 0.159 e. The van der Waals surface area contributed by atoms with Crippen LogP contribution < -0.4 is 10.6 Å². The van der Waals surface area contributed by atoms with Crippen molar-refractivity contribution >= 4 is 78.9 Å². The molecule has 158 valence electrons. The lowest BCUT2D eigenvalue weighted by molar-refractivity contribution is 0.0557. The number of rotatable bonds is 11. The number of fused-ring (bicyclic) bond motifs is 2. The maximum absolute atomic E-state index is 5.62. The predicted molar refractivity (Wildman–Crippen MR) is 133 cm³/mol. The molecule has 0 bridgehead atoms. The van der Waals surface area contributed by atoms with Gasteiger partial charge in [0, 0.05) is 24.5 Å². The third-order valence-corrected chi connectivity index (χ3v) is 6.76. The second-order valence-electron chi connectivity index (χ2n) is 6.53. The van der Waals surface area contributed by atoms with Crippen LogP contribution in [0.3, 0.4) is 0 Å². The molecule has 0 aliphatic carbocycles. The first-order chi connectivity index (χ1) is 14.7. The summed E-state index contributed by atoms with van der Waals surface area (Å²) in [6.07, 6.45) is 0. The van der Waals surface area contributed by atoms with Crippen LogP contribution in [0.4, 0.5) is 11.4 Å². The van der Waals surface area contributed by atoms with Crippen molar-refractivity contribution in [3.8, 4) is 0 Å². The van der Waals surface area contributed by atoms with Crippen LogP contribution in [0.5, 0.6) is 0 Å². The lowest BCUT2D eigenvalue weighted by atomic mass is 10.3. The molecule has 2 aromatic heterocycles. The van der Waals surface area contributed by atoms with E-state index in [0.717, 1.165) is 52.8 Å². The third kappa shape index (κ3) is 5.87. The molecule has 0 spiro atoms. The Bertz CT molecular complexity index is 1130. The van der Waals surface area contributed by atoms with Crippen molar-refractivity contribution in [3.63, 3.8) is 0 Å². The fourth-order valence-electron chi connectivity index (χ4n) is 2.97. The molecule has 0 fully saturated rings. The SMILES string of the molecule is S=c1[nH]c2ccc(NCCOCCOCCNc3ccc4[nH]c(=S)sc4c3)cc2s1. The Labute approximate surface area is 192 Å². The molecule has 0 amide bonds. The summed E-state index contributed by atoms with van der Waals surface area (Å²) in [5.41, 5.74) is 4.30. The first-order valence-corrected chi connectivity index (χ1v) is 12.0. The minimum absolute atomic E-state index is 0.582. The van der Waals surface area contributed by atoms with Crippen LogP contribution in [0, 0.1) is 7.91 Å². The van der Waals surface area contributed by atoms with Gasteiger partial charge < -0.3 is 30.1 Å². The van der Waals surface area contributed by atoms with Gasteiger partial charge in [-0.05, 0) is 60.8 Å². The van der Waals surface area contributed by atoms with E-state index < -0.39 is 0 Å². The number of anilines is 2. The van der Waals surface area contributed by atoms with E-state index in [4.69, 9.17) is 33.9 Å². The highest BCUT2D eigenvalue weighted by atomic mass is 32.2. The number of aromatic amines is 2. The summed E-state index contributed by atoms with van der Waals surface area (Å²) in [5, 5.41) is 6.73. The van der Waals surface area contributed by atoms with Gasteiger partial charge in [-0.25, -0.2) is 0 Å². The summed E-state index contributed by atoms with van der Waals surface area (Å²) < 4.78 is 15.2. The zero-order valence-electron chi connectivity index (χ0n) is 16.2. The number of aromatic nitrogens is 2. The van der Waals surface area contributed by atoms with Gasteiger partial charge in [-0.15, -0.1) is 22.7 Å². The van der Waals surface area contributed by atoms with Crippen LogP contribution >= 0.6 is 47.1 Å². The van der Waals surface area contributed by atoms with E-state index in [2.05, 4.69) is 32.7 Å². The average molecular weight is 479 g/mol. The van der Waals surface area contributed by atoms with Crippen LogP contribution in [-0.2, 0) is 9.47 Å². The van der Waals surface area contributed by atoms with Crippen molar-refractivity contribution in [2.24, 2.45) is 0 Å². The van der Waals surface area contributed by atoms with Crippen molar-refractivity contribution in [1.29, 1.82) is 0 Å². The standard InChI is InChI=1S/C20H22N4O2S4/c27-19-23-15-3-1-13(11-17(15)29-19)21-5-7-25-9-10-26-8-6-22-14-2-4-16-18(12-14)30-20(28)24-16/h1-4,11-12,21-22H,5-10H2,(H,23,27)(H,24,28). The highest BCUT2D eigenvalue weighted by molar-refractivity contribution is 7.74. The molecule has 0 aliphatic rings. The summed E-state index contributed by atoms with van der Waals surface area (Å²) in [7, 11) is 0. The Morgan fingerprint density at radius 2 is 1.17 bits per heavy atom. The molecule has 4 aromatic rings. The molecule has 4 rings (SSSR count).